The number of methoxy groups -OCH3 is 2. The van der Waals surface area contributed by atoms with Crippen molar-refractivity contribution in [2.24, 2.45) is 5.92 Å². The van der Waals surface area contributed by atoms with Crippen molar-refractivity contribution >= 4 is 0 Å². The molecular formula is C11H23NO3. The number of aliphatic hydroxyl groups excluding tert-OH is 1. The zero-order valence-corrected chi connectivity index (χ0v) is 10.0. The van der Waals surface area contributed by atoms with Crippen LogP contribution in [0.4, 0.5) is 0 Å². The highest BCUT2D eigenvalue weighted by Crippen LogP contribution is 2.26. The Morgan fingerprint density at radius 1 is 1.33 bits per heavy atom. The average molecular weight is 217 g/mol. The fourth-order valence-electron chi connectivity index (χ4n) is 2.08. The fourth-order valence-corrected chi connectivity index (χ4v) is 2.08. The van der Waals surface area contributed by atoms with E-state index in [-0.39, 0.29) is 12.4 Å². The molecule has 0 aromatic heterocycles. The molecule has 4 heteroatoms. The third kappa shape index (κ3) is 3.14. The van der Waals surface area contributed by atoms with Crippen LogP contribution in [0.25, 0.3) is 0 Å². The van der Waals surface area contributed by atoms with E-state index in [1.807, 2.05) is 0 Å². The zero-order chi connectivity index (χ0) is 11.3. The van der Waals surface area contributed by atoms with Gasteiger partial charge in [0.25, 0.3) is 0 Å². The molecule has 1 aliphatic heterocycles. The molecule has 0 aromatic rings. The Balaban J connectivity index is 2.26. The van der Waals surface area contributed by atoms with Gasteiger partial charge in [-0.05, 0) is 12.3 Å². The highest BCUT2D eigenvalue weighted by Gasteiger charge is 2.43. The lowest BCUT2D eigenvalue weighted by atomic mass is 9.98. The summed E-state index contributed by atoms with van der Waals surface area (Å²) in [6.07, 6.45) is 2.00. The van der Waals surface area contributed by atoms with Crippen LogP contribution in [-0.4, -0.2) is 56.3 Å². The van der Waals surface area contributed by atoms with Crippen molar-refractivity contribution in [3.05, 3.63) is 0 Å². The van der Waals surface area contributed by atoms with Crippen molar-refractivity contribution in [3.8, 4) is 0 Å². The predicted molar refractivity (Wildman–Crippen MR) is 58.7 cm³/mol. The Hall–Kier alpha value is -0.160. The van der Waals surface area contributed by atoms with Gasteiger partial charge in [-0.15, -0.1) is 0 Å². The van der Waals surface area contributed by atoms with E-state index in [1.54, 1.807) is 14.2 Å². The van der Waals surface area contributed by atoms with E-state index in [4.69, 9.17) is 14.6 Å². The van der Waals surface area contributed by atoms with Crippen molar-refractivity contribution in [1.29, 1.82) is 0 Å². The second kappa shape index (κ2) is 5.80. The number of hydrogen-bond acceptors (Lipinski definition) is 4. The SMILES string of the molecule is CCC(CCO)CN1CC(OC)(OC)C1. The van der Waals surface area contributed by atoms with Gasteiger partial charge < -0.3 is 14.6 Å². The molecule has 0 spiro atoms. The summed E-state index contributed by atoms with van der Waals surface area (Å²) in [5, 5.41) is 8.90. The molecule has 1 fully saturated rings. The number of rotatable bonds is 7. The van der Waals surface area contributed by atoms with E-state index >= 15 is 0 Å². The van der Waals surface area contributed by atoms with Gasteiger partial charge >= 0.3 is 0 Å². The van der Waals surface area contributed by atoms with Crippen molar-refractivity contribution in [1.82, 2.24) is 4.90 Å². The Morgan fingerprint density at radius 3 is 2.33 bits per heavy atom. The third-order valence-corrected chi connectivity index (χ3v) is 3.30. The Labute approximate surface area is 92.2 Å². The minimum absolute atomic E-state index is 0.284. The molecule has 1 heterocycles. The first kappa shape index (κ1) is 12.9. The van der Waals surface area contributed by atoms with Gasteiger partial charge in [0.05, 0.1) is 13.1 Å². The molecule has 90 valence electrons. The highest BCUT2D eigenvalue weighted by atomic mass is 16.7. The largest absolute Gasteiger partial charge is 0.396 e. The van der Waals surface area contributed by atoms with Gasteiger partial charge in [-0.2, -0.15) is 0 Å². The second-order valence-electron chi connectivity index (χ2n) is 4.28. The van der Waals surface area contributed by atoms with Gasteiger partial charge in [0.1, 0.15) is 0 Å². The number of hydrogen-bond donors (Lipinski definition) is 1. The Kier molecular flexibility index (Phi) is 4.99. The average Bonchev–Trinajstić information content (AvgIpc) is 2.21. The van der Waals surface area contributed by atoms with E-state index in [0.29, 0.717) is 5.92 Å². The van der Waals surface area contributed by atoms with Gasteiger partial charge in [-0.3, -0.25) is 4.90 Å². The second-order valence-corrected chi connectivity index (χ2v) is 4.28. The van der Waals surface area contributed by atoms with Crippen molar-refractivity contribution in [3.63, 3.8) is 0 Å². The quantitative estimate of drug-likeness (QED) is 0.637. The number of ether oxygens (including phenoxy) is 2. The van der Waals surface area contributed by atoms with Gasteiger partial charge in [-0.1, -0.05) is 13.3 Å². The Bertz CT molecular complexity index is 175. The molecule has 1 saturated heterocycles. The lowest BCUT2D eigenvalue weighted by molar-refractivity contribution is -0.276. The number of likely N-dealkylation sites (tertiary alicyclic amines) is 1. The smallest absolute Gasteiger partial charge is 0.193 e. The monoisotopic (exact) mass is 217 g/mol. The first-order chi connectivity index (χ1) is 7.19. The van der Waals surface area contributed by atoms with Crippen molar-refractivity contribution in [2.45, 2.75) is 25.6 Å². The van der Waals surface area contributed by atoms with Crippen LogP contribution >= 0.6 is 0 Å². The van der Waals surface area contributed by atoms with E-state index < -0.39 is 0 Å². The summed E-state index contributed by atoms with van der Waals surface area (Å²) in [6.45, 7) is 5.15. The first-order valence-electron chi connectivity index (χ1n) is 5.63. The molecule has 1 atom stereocenters. The minimum Gasteiger partial charge on any atom is -0.396 e. The van der Waals surface area contributed by atoms with Gasteiger partial charge in [0.2, 0.25) is 0 Å². The van der Waals surface area contributed by atoms with Gasteiger partial charge in [0.15, 0.2) is 5.79 Å². The highest BCUT2D eigenvalue weighted by molar-refractivity contribution is 4.89. The van der Waals surface area contributed by atoms with Gasteiger partial charge in [-0.25, -0.2) is 0 Å². The van der Waals surface area contributed by atoms with Crippen LogP contribution in [0.1, 0.15) is 19.8 Å². The first-order valence-corrected chi connectivity index (χ1v) is 5.63. The third-order valence-electron chi connectivity index (χ3n) is 3.30. The molecule has 1 unspecified atom stereocenters. The molecular weight excluding hydrogens is 194 g/mol. The van der Waals surface area contributed by atoms with Crippen molar-refractivity contribution in [2.75, 3.05) is 40.5 Å². The molecule has 15 heavy (non-hydrogen) atoms. The van der Waals surface area contributed by atoms with E-state index in [1.165, 1.54) is 0 Å². The summed E-state index contributed by atoms with van der Waals surface area (Å²) in [4.78, 5) is 2.32. The summed E-state index contributed by atoms with van der Waals surface area (Å²) in [5.41, 5.74) is 0. The standard InChI is InChI=1S/C11H23NO3/c1-4-10(5-6-13)7-12-8-11(9-12,14-2)15-3/h10,13H,4-9H2,1-3H3. The molecule has 1 aliphatic rings. The van der Waals surface area contributed by atoms with Crippen LogP contribution in [0, 0.1) is 5.92 Å². The molecule has 1 N–H and O–H groups in total. The van der Waals surface area contributed by atoms with Crippen LogP contribution in [0.2, 0.25) is 0 Å². The summed E-state index contributed by atoms with van der Waals surface area (Å²) in [7, 11) is 3.37. The van der Waals surface area contributed by atoms with Gasteiger partial charge in [0, 0.05) is 27.4 Å². The maximum atomic E-state index is 8.90. The molecule has 0 saturated carbocycles. The van der Waals surface area contributed by atoms with Crippen LogP contribution in [0.3, 0.4) is 0 Å². The fraction of sp³-hybridized carbons (Fsp3) is 1.00. The summed E-state index contributed by atoms with van der Waals surface area (Å²) in [5.74, 6) is 0.207. The maximum Gasteiger partial charge on any atom is 0.193 e. The summed E-state index contributed by atoms with van der Waals surface area (Å²) < 4.78 is 10.6. The molecule has 1 rings (SSSR count). The lowest BCUT2D eigenvalue weighted by Crippen LogP contribution is -2.64. The predicted octanol–water partition coefficient (Wildman–Crippen LogP) is 0.700. The molecule has 0 bridgehead atoms. The van der Waals surface area contributed by atoms with E-state index in [9.17, 15) is 0 Å². The molecule has 4 nitrogen and oxygen atoms in total. The zero-order valence-electron chi connectivity index (χ0n) is 10.0. The molecule has 0 amide bonds. The van der Waals surface area contributed by atoms with Crippen molar-refractivity contribution < 1.29 is 14.6 Å². The topological polar surface area (TPSA) is 41.9 Å². The van der Waals surface area contributed by atoms with Crippen LogP contribution in [0.15, 0.2) is 0 Å². The molecule has 0 radical (unpaired) electrons. The lowest BCUT2D eigenvalue weighted by Gasteiger charge is -2.48. The number of nitrogens with zero attached hydrogens (tertiary/aromatic N) is 1. The molecule has 0 aliphatic carbocycles. The minimum atomic E-state index is -0.377. The maximum absolute atomic E-state index is 8.90. The summed E-state index contributed by atoms with van der Waals surface area (Å²) in [6, 6.07) is 0. The summed E-state index contributed by atoms with van der Waals surface area (Å²) >= 11 is 0. The number of aliphatic hydroxyl groups is 1. The van der Waals surface area contributed by atoms with E-state index in [0.717, 1.165) is 32.5 Å². The molecule has 0 aromatic carbocycles. The van der Waals surface area contributed by atoms with E-state index in [2.05, 4.69) is 11.8 Å². The normalized spacial score (nSPS) is 22.4. The van der Waals surface area contributed by atoms with Crippen LogP contribution < -0.4 is 0 Å². The van der Waals surface area contributed by atoms with Crippen LogP contribution in [0.5, 0.6) is 0 Å². The Morgan fingerprint density at radius 2 is 1.93 bits per heavy atom. The van der Waals surface area contributed by atoms with Crippen LogP contribution in [-0.2, 0) is 9.47 Å².